The van der Waals surface area contributed by atoms with Gasteiger partial charge < -0.3 is 10.0 Å². The number of aryl methyl sites for hydroxylation is 1. The van der Waals surface area contributed by atoms with E-state index in [-0.39, 0.29) is 5.56 Å². The second kappa shape index (κ2) is 4.41. The summed E-state index contributed by atoms with van der Waals surface area (Å²) in [7, 11) is -7.18. The second-order valence-corrected chi connectivity index (χ2v) is 4.61. The van der Waals surface area contributed by atoms with Gasteiger partial charge in [-0.1, -0.05) is 12.1 Å². The van der Waals surface area contributed by atoms with Crippen LogP contribution in [0.25, 0.3) is 0 Å². The Morgan fingerprint density at radius 1 is 1.35 bits per heavy atom. The minimum Gasteiger partial charge on any atom is -0.423 e. The molecule has 0 amide bonds. The van der Waals surface area contributed by atoms with Crippen LogP contribution in [0.1, 0.15) is 5.56 Å². The van der Waals surface area contributed by atoms with E-state index in [4.69, 9.17) is 14.6 Å². The van der Waals surface area contributed by atoms with Gasteiger partial charge in [-0.05, 0) is 6.92 Å². The van der Waals surface area contributed by atoms with Crippen LogP contribution < -0.4 is 5.46 Å². The number of nitro benzene ring substituents is 1. The summed E-state index contributed by atoms with van der Waals surface area (Å²) in [6, 6.07) is 2.14. The summed E-state index contributed by atoms with van der Waals surface area (Å²) in [6.07, 6.45) is 0. The van der Waals surface area contributed by atoms with Gasteiger partial charge >= 0.3 is 17.2 Å². The fourth-order valence-electron chi connectivity index (χ4n) is 1.39. The molecule has 1 rings (SSSR count). The number of rotatable bonds is 3. The summed E-state index contributed by atoms with van der Waals surface area (Å²) < 4.78 is 31.0. The molecule has 8 nitrogen and oxygen atoms in total. The first-order valence-corrected chi connectivity index (χ1v) is 5.71. The molecule has 3 N–H and O–H groups in total. The Morgan fingerprint density at radius 2 is 1.88 bits per heavy atom. The smallest absolute Gasteiger partial charge is 0.423 e. The molecule has 0 bridgehead atoms. The third-order valence-corrected chi connectivity index (χ3v) is 3.03. The Hall–Kier alpha value is -1.49. The fourth-order valence-corrected chi connectivity index (χ4v) is 2.34. The van der Waals surface area contributed by atoms with E-state index >= 15 is 0 Å². The predicted molar refractivity (Wildman–Crippen MR) is 57.5 cm³/mol. The fraction of sp³-hybridized carbons (Fsp3) is 0.143. The van der Waals surface area contributed by atoms with Crippen LogP contribution in [-0.2, 0) is 10.1 Å². The molecule has 0 fully saturated rings. The highest BCUT2D eigenvalue weighted by Crippen LogP contribution is 2.25. The molecule has 0 atom stereocenters. The van der Waals surface area contributed by atoms with Crippen LogP contribution in [0.5, 0.6) is 0 Å². The van der Waals surface area contributed by atoms with Crippen molar-refractivity contribution < 1.29 is 27.9 Å². The first-order chi connectivity index (χ1) is 7.66. The third-order valence-electron chi connectivity index (χ3n) is 2.08. The second-order valence-electron chi connectivity index (χ2n) is 3.26. The zero-order chi connectivity index (χ0) is 13.4. The Labute approximate surface area is 96.6 Å². The topological polar surface area (TPSA) is 138 Å². The van der Waals surface area contributed by atoms with Crippen LogP contribution in [-0.4, -0.2) is 35.1 Å². The van der Waals surface area contributed by atoms with Crippen LogP contribution >= 0.6 is 0 Å². The molecule has 0 radical (unpaired) electrons. The molecule has 0 spiro atoms. The van der Waals surface area contributed by atoms with E-state index in [2.05, 4.69) is 0 Å². The Morgan fingerprint density at radius 3 is 2.24 bits per heavy atom. The van der Waals surface area contributed by atoms with Crippen LogP contribution in [0.15, 0.2) is 17.0 Å². The zero-order valence-corrected chi connectivity index (χ0v) is 9.38. The highest BCUT2D eigenvalue weighted by Gasteiger charge is 2.33. The van der Waals surface area contributed by atoms with Crippen molar-refractivity contribution in [1.29, 1.82) is 0 Å². The molecule has 1 aromatic rings. The quantitative estimate of drug-likeness (QED) is 0.269. The SMILES string of the molecule is Cc1ccc(B(O)O)c(S(=O)(=O)O)c1[N+](=O)[O-]. The number of benzene rings is 1. The zero-order valence-electron chi connectivity index (χ0n) is 8.56. The number of nitrogens with zero attached hydrogens (tertiary/aromatic N) is 1. The van der Waals surface area contributed by atoms with Crippen molar-refractivity contribution in [3.05, 3.63) is 27.8 Å². The lowest BCUT2D eigenvalue weighted by molar-refractivity contribution is -0.388. The largest absolute Gasteiger partial charge is 0.490 e. The van der Waals surface area contributed by atoms with E-state index in [1.54, 1.807) is 0 Å². The highest BCUT2D eigenvalue weighted by atomic mass is 32.2. The lowest BCUT2D eigenvalue weighted by Crippen LogP contribution is -2.35. The van der Waals surface area contributed by atoms with E-state index < -0.39 is 38.2 Å². The first kappa shape index (κ1) is 13.6. The van der Waals surface area contributed by atoms with Crippen molar-refractivity contribution >= 4 is 28.4 Å². The van der Waals surface area contributed by atoms with Crippen LogP contribution in [0, 0.1) is 17.0 Å². The average molecular weight is 261 g/mol. The Bertz CT molecular complexity index is 568. The average Bonchev–Trinajstić information content (AvgIpc) is 2.14. The van der Waals surface area contributed by atoms with Crippen molar-refractivity contribution in [2.75, 3.05) is 0 Å². The maximum absolute atomic E-state index is 11.1. The van der Waals surface area contributed by atoms with Gasteiger partial charge in [-0.2, -0.15) is 8.42 Å². The summed E-state index contributed by atoms with van der Waals surface area (Å²) in [5, 5.41) is 28.6. The highest BCUT2D eigenvalue weighted by molar-refractivity contribution is 7.86. The number of hydrogen-bond donors (Lipinski definition) is 3. The van der Waals surface area contributed by atoms with E-state index in [1.165, 1.54) is 6.92 Å². The monoisotopic (exact) mass is 261 g/mol. The molecular formula is C7H8BNO7S. The predicted octanol–water partition coefficient (Wildman–Crippen LogP) is -1.17. The number of hydrogen-bond acceptors (Lipinski definition) is 6. The van der Waals surface area contributed by atoms with Gasteiger partial charge in [-0.15, -0.1) is 0 Å². The summed E-state index contributed by atoms with van der Waals surface area (Å²) in [4.78, 5) is 8.62. The summed E-state index contributed by atoms with van der Waals surface area (Å²) in [6.45, 7) is 1.26. The summed E-state index contributed by atoms with van der Waals surface area (Å²) in [5.41, 5.74) is -1.55. The molecule has 10 heteroatoms. The van der Waals surface area contributed by atoms with Crippen molar-refractivity contribution in [2.24, 2.45) is 0 Å². The lowest BCUT2D eigenvalue weighted by Gasteiger charge is -2.08. The van der Waals surface area contributed by atoms with Gasteiger partial charge in [0.15, 0.2) is 4.90 Å². The maximum atomic E-state index is 11.1. The molecule has 0 saturated carbocycles. The van der Waals surface area contributed by atoms with Gasteiger partial charge in [0.1, 0.15) is 0 Å². The maximum Gasteiger partial charge on any atom is 0.490 e. The van der Waals surface area contributed by atoms with Crippen LogP contribution in [0.3, 0.4) is 0 Å². The third kappa shape index (κ3) is 2.61. The first-order valence-electron chi connectivity index (χ1n) is 4.27. The van der Waals surface area contributed by atoms with Gasteiger partial charge in [0.25, 0.3) is 5.69 Å². The van der Waals surface area contributed by atoms with E-state index in [0.29, 0.717) is 0 Å². The minimum atomic E-state index is -4.94. The van der Waals surface area contributed by atoms with Gasteiger partial charge in [0, 0.05) is 11.0 Å². The summed E-state index contributed by atoms with van der Waals surface area (Å²) in [5.74, 6) is 0. The summed E-state index contributed by atoms with van der Waals surface area (Å²) >= 11 is 0. The Balaban J connectivity index is 3.82. The van der Waals surface area contributed by atoms with Gasteiger partial charge in [0.2, 0.25) is 0 Å². The van der Waals surface area contributed by atoms with Crippen molar-refractivity contribution in [1.82, 2.24) is 0 Å². The molecular weight excluding hydrogens is 253 g/mol. The van der Waals surface area contributed by atoms with Crippen LogP contribution in [0.4, 0.5) is 5.69 Å². The Kier molecular flexibility index (Phi) is 3.52. The minimum absolute atomic E-state index is 0.0213. The van der Waals surface area contributed by atoms with Crippen molar-refractivity contribution in [2.45, 2.75) is 11.8 Å². The molecule has 92 valence electrons. The van der Waals surface area contributed by atoms with Gasteiger partial charge in [0.05, 0.1) is 4.92 Å². The lowest BCUT2D eigenvalue weighted by atomic mass is 9.79. The molecule has 0 aromatic heterocycles. The van der Waals surface area contributed by atoms with Crippen molar-refractivity contribution in [3.63, 3.8) is 0 Å². The standard InChI is InChI=1S/C7H8BNO7S/c1-4-2-3-5(8(10)11)7(17(14,15)16)6(4)9(12)13/h2-3,10-11H,1H3,(H,14,15,16). The molecule has 0 aliphatic carbocycles. The van der Waals surface area contributed by atoms with Gasteiger partial charge in [-0.3, -0.25) is 14.7 Å². The normalized spacial score (nSPS) is 11.3. The molecule has 0 heterocycles. The van der Waals surface area contributed by atoms with E-state index in [0.717, 1.165) is 12.1 Å². The molecule has 0 saturated heterocycles. The van der Waals surface area contributed by atoms with Crippen LogP contribution in [0.2, 0.25) is 0 Å². The van der Waals surface area contributed by atoms with Gasteiger partial charge in [-0.25, -0.2) is 0 Å². The molecule has 0 unspecified atom stereocenters. The number of nitro groups is 1. The van der Waals surface area contributed by atoms with Crippen molar-refractivity contribution in [3.8, 4) is 0 Å². The van der Waals surface area contributed by atoms with E-state index in [9.17, 15) is 18.5 Å². The molecule has 0 aliphatic heterocycles. The molecule has 1 aromatic carbocycles. The molecule has 17 heavy (non-hydrogen) atoms. The van der Waals surface area contributed by atoms with E-state index in [1.807, 2.05) is 0 Å². The molecule has 0 aliphatic rings.